The summed E-state index contributed by atoms with van der Waals surface area (Å²) in [5.41, 5.74) is 2.10. The fourth-order valence-corrected chi connectivity index (χ4v) is 2.35. The van der Waals surface area contributed by atoms with Crippen molar-refractivity contribution in [1.29, 1.82) is 5.26 Å². The van der Waals surface area contributed by atoms with Crippen LogP contribution in [0.25, 0.3) is 0 Å². The summed E-state index contributed by atoms with van der Waals surface area (Å²) in [5, 5.41) is 8.94. The zero-order valence-corrected chi connectivity index (χ0v) is 14.0. The maximum absolute atomic E-state index is 12.6. The summed E-state index contributed by atoms with van der Waals surface area (Å²) < 4.78 is 5.64. The molecular weight excluding hydrogens is 290 g/mol. The summed E-state index contributed by atoms with van der Waals surface area (Å²) in [6.45, 7) is 6.35. The quantitative estimate of drug-likeness (QED) is 0.849. The van der Waals surface area contributed by atoms with Gasteiger partial charge in [-0.25, -0.2) is 4.98 Å². The van der Waals surface area contributed by atoms with Gasteiger partial charge < -0.3 is 9.32 Å². The second-order valence-corrected chi connectivity index (χ2v) is 6.09. The first-order valence-electron chi connectivity index (χ1n) is 7.61. The maximum Gasteiger partial charge on any atom is 0.291 e. The number of amides is 1. The third kappa shape index (κ3) is 4.19. The van der Waals surface area contributed by atoms with Crippen molar-refractivity contribution in [1.82, 2.24) is 9.88 Å². The summed E-state index contributed by atoms with van der Waals surface area (Å²) in [6.07, 6.45) is 0.710. The summed E-state index contributed by atoms with van der Waals surface area (Å²) in [7, 11) is 1.71. The minimum Gasteiger partial charge on any atom is -0.435 e. The van der Waals surface area contributed by atoms with Gasteiger partial charge in [-0.05, 0) is 30.5 Å². The number of benzene rings is 1. The van der Waals surface area contributed by atoms with Gasteiger partial charge in [0.15, 0.2) is 5.89 Å². The normalized spacial score (nSPS) is 10.6. The molecule has 0 atom stereocenters. The minimum atomic E-state index is -0.202. The molecule has 0 spiro atoms. The zero-order valence-electron chi connectivity index (χ0n) is 14.0. The largest absolute Gasteiger partial charge is 0.435 e. The van der Waals surface area contributed by atoms with Crippen LogP contribution in [-0.2, 0) is 13.0 Å². The van der Waals surface area contributed by atoms with E-state index < -0.39 is 0 Å². The van der Waals surface area contributed by atoms with Crippen molar-refractivity contribution in [2.75, 3.05) is 7.05 Å². The molecule has 0 saturated heterocycles. The van der Waals surface area contributed by atoms with Gasteiger partial charge in [0.2, 0.25) is 5.76 Å². The first kappa shape index (κ1) is 16.8. The third-order valence-corrected chi connectivity index (χ3v) is 3.44. The lowest BCUT2D eigenvalue weighted by atomic mass is 10.1. The lowest BCUT2D eigenvalue weighted by Gasteiger charge is -2.16. The van der Waals surface area contributed by atoms with E-state index in [2.05, 4.69) is 24.9 Å². The minimum absolute atomic E-state index is 0.202. The number of hydrogen-bond donors (Lipinski definition) is 0. The number of rotatable bonds is 5. The van der Waals surface area contributed by atoms with E-state index in [0.29, 0.717) is 41.8 Å². The van der Waals surface area contributed by atoms with Crippen LogP contribution in [0.2, 0.25) is 0 Å². The predicted molar refractivity (Wildman–Crippen MR) is 86.7 cm³/mol. The van der Waals surface area contributed by atoms with Gasteiger partial charge in [-0.2, -0.15) is 5.26 Å². The molecule has 0 unspecified atom stereocenters. The molecule has 1 heterocycles. The van der Waals surface area contributed by atoms with Crippen LogP contribution in [0.4, 0.5) is 0 Å². The molecule has 5 nitrogen and oxygen atoms in total. The lowest BCUT2D eigenvalue weighted by Crippen LogP contribution is -2.26. The van der Waals surface area contributed by atoms with Crippen LogP contribution >= 0.6 is 0 Å². The molecule has 0 aliphatic rings. The average Bonchev–Trinajstić information content (AvgIpc) is 2.86. The smallest absolute Gasteiger partial charge is 0.291 e. The fourth-order valence-electron chi connectivity index (χ4n) is 2.35. The summed E-state index contributed by atoms with van der Waals surface area (Å²) in [6, 6.07) is 9.32. The Morgan fingerprint density at radius 2 is 2.17 bits per heavy atom. The van der Waals surface area contributed by atoms with Crippen molar-refractivity contribution < 1.29 is 9.21 Å². The molecular formula is C18H21N3O2. The Morgan fingerprint density at radius 1 is 1.43 bits per heavy atom. The Kier molecular flexibility index (Phi) is 5.17. The number of carbonyl (C=O) groups is 1. The standard InChI is InChI=1S/C18H21N3O2/c1-12(2)8-16-20-13(3)17(23-16)18(22)21(4)11-15-7-5-6-14(9-15)10-19/h5-7,9,12H,8,11H2,1-4H3. The summed E-state index contributed by atoms with van der Waals surface area (Å²) >= 11 is 0. The van der Waals surface area contributed by atoms with E-state index in [1.54, 1.807) is 31.0 Å². The Balaban J connectivity index is 2.13. The molecule has 1 amide bonds. The van der Waals surface area contributed by atoms with Crippen LogP contribution < -0.4 is 0 Å². The Hall–Kier alpha value is -2.61. The number of aryl methyl sites for hydroxylation is 1. The van der Waals surface area contributed by atoms with Crippen LogP contribution in [0.1, 0.15) is 47.1 Å². The van der Waals surface area contributed by atoms with Crippen LogP contribution in [-0.4, -0.2) is 22.8 Å². The van der Waals surface area contributed by atoms with Gasteiger partial charge in [-0.3, -0.25) is 4.79 Å². The summed E-state index contributed by atoms with van der Waals surface area (Å²) in [5.74, 6) is 1.11. The van der Waals surface area contributed by atoms with Crippen LogP contribution in [0.5, 0.6) is 0 Å². The number of carbonyl (C=O) groups excluding carboxylic acids is 1. The van der Waals surface area contributed by atoms with E-state index in [1.165, 1.54) is 0 Å². The highest BCUT2D eigenvalue weighted by molar-refractivity contribution is 5.92. The molecule has 0 radical (unpaired) electrons. The van der Waals surface area contributed by atoms with Gasteiger partial charge in [0.1, 0.15) is 0 Å². The molecule has 0 aliphatic carbocycles. The fraction of sp³-hybridized carbons (Fsp3) is 0.389. The molecule has 1 aromatic carbocycles. The van der Waals surface area contributed by atoms with Crippen LogP contribution in [0.15, 0.2) is 28.7 Å². The molecule has 1 aromatic heterocycles. The molecule has 0 aliphatic heterocycles. The van der Waals surface area contributed by atoms with E-state index in [4.69, 9.17) is 9.68 Å². The Morgan fingerprint density at radius 3 is 2.83 bits per heavy atom. The summed E-state index contributed by atoms with van der Waals surface area (Å²) in [4.78, 5) is 18.5. The van der Waals surface area contributed by atoms with Crippen molar-refractivity contribution in [2.45, 2.75) is 33.7 Å². The number of nitrogens with zero attached hydrogens (tertiary/aromatic N) is 3. The third-order valence-electron chi connectivity index (χ3n) is 3.44. The van der Waals surface area contributed by atoms with Gasteiger partial charge >= 0.3 is 0 Å². The van der Waals surface area contributed by atoms with Crippen molar-refractivity contribution in [3.63, 3.8) is 0 Å². The zero-order chi connectivity index (χ0) is 17.0. The number of nitriles is 1. The molecule has 23 heavy (non-hydrogen) atoms. The number of aromatic nitrogens is 1. The van der Waals surface area contributed by atoms with Crippen molar-refractivity contribution in [2.24, 2.45) is 5.92 Å². The predicted octanol–water partition coefficient (Wildman–Crippen LogP) is 3.33. The Bertz CT molecular complexity index is 741. The second kappa shape index (κ2) is 7.10. The van der Waals surface area contributed by atoms with Gasteiger partial charge in [0, 0.05) is 20.0 Å². The molecule has 2 aromatic rings. The molecule has 120 valence electrons. The highest BCUT2D eigenvalue weighted by atomic mass is 16.4. The maximum atomic E-state index is 12.6. The van der Waals surface area contributed by atoms with Gasteiger partial charge in [0.25, 0.3) is 5.91 Å². The van der Waals surface area contributed by atoms with Crippen molar-refractivity contribution >= 4 is 5.91 Å². The van der Waals surface area contributed by atoms with Crippen LogP contribution in [0.3, 0.4) is 0 Å². The molecule has 0 bridgehead atoms. The molecule has 0 fully saturated rings. The van der Waals surface area contributed by atoms with E-state index >= 15 is 0 Å². The SMILES string of the molecule is Cc1nc(CC(C)C)oc1C(=O)N(C)Cc1cccc(C#N)c1. The second-order valence-electron chi connectivity index (χ2n) is 6.09. The number of hydrogen-bond acceptors (Lipinski definition) is 4. The molecule has 2 rings (SSSR count). The lowest BCUT2D eigenvalue weighted by molar-refractivity contribution is 0.0750. The first-order valence-corrected chi connectivity index (χ1v) is 7.61. The van der Waals surface area contributed by atoms with E-state index in [0.717, 1.165) is 5.56 Å². The van der Waals surface area contributed by atoms with Gasteiger partial charge in [-0.15, -0.1) is 0 Å². The topological polar surface area (TPSA) is 70.1 Å². The van der Waals surface area contributed by atoms with E-state index in [1.807, 2.05) is 12.1 Å². The van der Waals surface area contributed by atoms with Crippen molar-refractivity contribution in [3.8, 4) is 6.07 Å². The van der Waals surface area contributed by atoms with E-state index in [9.17, 15) is 4.79 Å². The molecule has 0 saturated carbocycles. The monoisotopic (exact) mass is 311 g/mol. The van der Waals surface area contributed by atoms with Crippen molar-refractivity contribution in [3.05, 3.63) is 52.7 Å². The first-order chi connectivity index (χ1) is 10.9. The highest BCUT2D eigenvalue weighted by Gasteiger charge is 2.21. The highest BCUT2D eigenvalue weighted by Crippen LogP contribution is 2.17. The van der Waals surface area contributed by atoms with Gasteiger partial charge in [-0.1, -0.05) is 26.0 Å². The van der Waals surface area contributed by atoms with Gasteiger partial charge in [0.05, 0.1) is 17.3 Å². The molecule has 5 heteroatoms. The van der Waals surface area contributed by atoms with Crippen LogP contribution in [0, 0.1) is 24.2 Å². The number of oxazole rings is 1. The molecule has 0 N–H and O–H groups in total. The Labute approximate surface area is 136 Å². The average molecular weight is 311 g/mol. The van der Waals surface area contributed by atoms with E-state index in [-0.39, 0.29) is 5.91 Å².